The van der Waals surface area contributed by atoms with Gasteiger partial charge in [-0.05, 0) is 48.8 Å². The highest BCUT2D eigenvalue weighted by Gasteiger charge is 2.29. The number of pyridine rings is 1. The van der Waals surface area contributed by atoms with Crippen molar-refractivity contribution in [1.82, 2.24) is 15.2 Å². The second-order valence-electron chi connectivity index (χ2n) is 5.26. The number of rotatable bonds is 6. The van der Waals surface area contributed by atoms with Crippen LogP contribution in [0.5, 0.6) is 0 Å². The summed E-state index contributed by atoms with van der Waals surface area (Å²) in [6.45, 7) is 2.78. The lowest BCUT2D eigenvalue weighted by Crippen LogP contribution is -2.41. The summed E-state index contributed by atoms with van der Waals surface area (Å²) < 4.78 is 0.796. The molecule has 1 heterocycles. The van der Waals surface area contributed by atoms with E-state index >= 15 is 0 Å². The molecule has 20 heavy (non-hydrogen) atoms. The van der Waals surface area contributed by atoms with E-state index in [0.717, 1.165) is 4.47 Å². The molecule has 0 bridgehead atoms. The van der Waals surface area contributed by atoms with Crippen molar-refractivity contribution in [2.45, 2.75) is 31.8 Å². The van der Waals surface area contributed by atoms with Gasteiger partial charge in [-0.1, -0.05) is 0 Å². The van der Waals surface area contributed by atoms with Crippen LogP contribution in [0.1, 0.15) is 30.1 Å². The van der Waals surface area contributed by atoms with Crippen LogP contribution in [0.2, 0.25) is 0 Å². The van der Waals surface area contributed by atoms with Crippen molar-refractivity contribution >= 4 is 27.7 Å². The van der Waals surface area contributed by atoms with E-state index in [1.165, 1.54) is 12.8 Å². The van der Waals surface area contributed by atoms with Crippen LogP contribution in [0, 0.1) is 0 Å². The van der Waals surface area contributed by atoms with Crippen molar-refractivity contribution in [3.8, 4) is 0 Å². The maximum Gasteiger partial charge on any atom is 0.255 e. The van der Waals surface area contributed by atoms with Crippen LogP contribution in [-0.2, 0) is 0 Å². The number of halogens is 1. The first-order chi connectivity index (χ1) is 9.52. The average Bonchev–Trinajstić information content (AvgIpc) is 3.28. The Labute approximate surface area is 128 Å². The molecule has 0 aromatic carbocycles. The summed E-state index contributed by atoms with van der Waals surface area (Å²) in [7, 11) is 3.88. The Bertz CT molecular complexity index is 490. The predicted octanol–water partition coefficient (Wildman–Crippen LogP) is 2.10. The minimum Gasteiger partial charge on any atom is -0.372 e. The molecule has 0 radical (unpaired) electrons. The Hall–Kier alpha value is -1.14. The molecule has 1 aromatic heterocycles. The van der Waals surface area contributed by atoms with Gasteiger partial charge in [-0.15, -0.1) is 0 Å². The van der Waals surface area contributed by atoms with E-state index in [9.17, 15) is 4.79 Å². The number of hydrogen-bond acceptors (Lipinski definition) is 4. The van der Waals surface area contributed by atoms with Crippen molar-refractivity contribution in [3.05, 3.63) is 22.3 Å². The molecule has 1 aromatic rings. The Balaban J connectivity index is 1.95. The molecular formula is C14H21BrN4O. The van der Waals surface area contributed by atoms with Gasteiger partial charge in [0.2, 0.25) is 0 Å². The van der Waals surface area contributed by atoms with E-state index in [1.54, 1.807) is 19.3 Å². The van der Waals surface area contributed by atoms with E-state index < -0.39 is 0 Å². The van der Waals surface area contributed by atoms with Crippen molar-refractivity contribution in [2.75, 3.05) is 26.0 Å². The van der Waals surface area contributed by atoms with Gasteiger partial charge in [-0.3, -0.25) is 9.69 Å². The number of anilines is 1. The molecule has 2 rings (SSSR count). The Kier molecular flexibility index (Phi) is 4.99. The van der Waals surface area contributed by atoms with Crippen LogP contribution < -0.4 is 10.6 Å². The fraction of sp³-hybridized carbons (Fsp3) is 0.571. The second-order valence-corrected chi connectivity index (χ2v) is 6.17. The molecule has 1 unspecified atom stereocenters. The first-order valence-corrected chi connectivity index (χ1v) is 7.65. The molecule has 1 amide bonds. The normalized spacial score (nSPS) is 16.1. The number of nitrogens with one attached hydrogen (secondary N) is 2. The summed E-state index contributed by atoms with van der Waals surface area (Å²) in [6, 6.07) is 2.82. The first-order valence-electron chi connectivity index (χ1n) is 6.86. The minimum atomic E-state index is -0.0980. The van der Waals surface area contributed by atoms with Crippen LogP contribution in [-0.4, -0.2) is 48.5 Å². The zero-order valence-corrected chi connectivity index (χ0v) is 13.7. The zero-order chi connectivity index (χ0) is 14.7. The smallest absolute Gasteiger partial charge is 0.255 e. The Morgan fingerprint density at radius 3 is 2.90 bits per heavy atom. The lowest BCUT2D eigenvalue weighted by molar-refractivity contribution is 0.0940. The van der Waals surface area contributed by atoms with E-state index in [-0.39, 0.29) is 5.91 Å². The van der Waals surface area contributed by atoms with Crippen LogP contribution in [0.4, 0.5) is 5.82 Å². The van der Waals surface area contributed by atoms with Gasteiger partial charge in [-0.25, -0.2) is 4.98 Å². The summed E-state index contributed by atoms with van der Waals surface area (Å²) in [5.74, 6) is 0.494. The summed E-state index contributed by atoms with van der Waals surface area (Å²) in [5, 5.41) is 5.92. The third-order valence-electron chi connectivity index (χ3n) is 3.71. The molecule has 1 atom stereocenters. The predicted molar refractivity (Wildman–Crippen MR) is 84.1 cm³/mol. The van der Waals surface area contributed by atoms with Gasteiger partial charge in [-0.2, -0.15) is 0 Å². The van der Waals surface area contributed by atoms with Gasteiger partial charge in [0.05, 0.1) is 5.56 Å². The van der Waals surface area contributed by atoms with Gasteiger partial charge in [0.1, 0.15) is 5.82 Å². The Morgan fingerprint density at radius 2 is 2.30 bits per heavy atom. The number of likely N-dealkylation sites (N-methyl/N-ethyl adjacent to an activating group) is 1. The van der Waals surface area contributed by atoms with E-state index in [2.05, 4.69) is 50.4 Å². The minimum absolute atomic E-state index is 0.0980. The summed E-state index contributed by atoms with van der Waals surface area (Å²) in [6.07, 6.45) is 4.22. The van der Waals surface area contributed by atoms with Gasteiger partial charge in [0.15, 0.2) is 0 Å². The quantitative estimate of drug-likeness (QED) is 0.832. The van der Waals surface area contributed by atoms with E-state index in [1.807, 2.05) is 0 Å². The molecule has 1 aliphatic carbocycles. The molecule has 0 aliphatic heterocycles. The number of amides is 1. The maximum atomic E-state index is 12.3. The van der Waals surface area contributed by atoms with Crippen molar-refractivity contribution in [3.63, 3.8) is 0 Å². The van der Waals surface area contributed by atoms with Gasteiger partial charge in [0, 0.05) is 36.3 Å². The standard InChI is InChI=1S/C14H21BrN4O/c1-9(19(3)11-4-5-11)7-18-14(20)12-6-10(15)8-17-13(12)16-2/h6,8-9,11H,4-5,7H2,1-3H3,(H,16,17)(H,18,20). The monoisotopic (exact) mass is 340 g/mol. The van der Waals surface area contributed by atoms with Crippen LogP contribution >= 0.6 is 15.9 Å². The number of hydrogen-bond donors (Lipinski definition) is 2. The van der Waals surface area contributed by atoms with Crippen LogP contribution in [0.3, 0.4) is 0 Å². The highest BCUT2D eigenvalue weighted by molar-refractivity contribution is 9.10. The van der Waals surface area contributed by atoms with Gasteiger partial charge < -0.3 is 10.6 Å². The topological polar surface area (TPSA) is 57.3 Å². The molecule has 2 N–H and O–H groups in total. The van der Waals surface area contributed by atoms with Gasteiger partial charge in [0.25, 0.3) is 5.91 Å². The number of aromatic nitrogens is 1. The first kappa shape index (κ1) is 15.3. The second kappa shape index (κ2) is 6.54. The van der Waals surface area contributed by atoms with Crippen LogP contribution in [0.15, 0.2) is 16.7 Å². The molecule has 5 nitrogen and oxygen atoms in total. The number of carbonyl (C=O) groups is 1. The highest BCUT2D eigenvalue weighted by Crippen LogP contribution is 2.26. The van der Waals surface area contributed by atoms with Crippen LogP contribution in [0.25, 0.3) is 0 Å². The molecule has 110 valence electrons. The molecular weight excluding hydrogens is 320 g/mol. The number of carbonyl (C=O) groups excluding carboxylic acids is 1. The van der Waals surface area contributed by atoms with E-state index in [0.29, 0.717) is 30.0 Å². The third kappa shape index (κ3) is 3.70. The van der Waals surface area contributed by atoms with Crippen molar-refractivity contribution in [1.29, 1.82) is 0 Å². The third-order valence-corrected chi connectivity index (χ3v) is 4.15. The van der Waals surface area contributed by atoms with E-state index in [4.69, 9.17) is 0 Å². The van der Waals surface area contributed by atoms with Crippen molar-refractivity contribution in [2.24, 2.45) is 0 Å². The summed E-state index contributed by atoms with van der Waals surface area (Å²) >= 11 is 3.35. The molecule has 1 fully saturated rings. The average molecular weight is 341 g/mol. The molecule has 6 heteroatoms. The molecule has 1 saturated carbocycles. The zero-order valence-electron chi connectivity index (χ0n) is 12.1. The lowest BCUT2D eigenvalue weighted by Gasteiger charge is -2.24. The highest BCUT2D eigenvalue weighted by atomic mass is 79.9. The summed E-state index contributed by atoms with van der Waals surface area (Å²) in [5.41, 5.74) is 0.558. The maximum absolute atomic E-state index is 12.3. The largest absolute Gasteiger partial charge is 0.372 e. The lowest BCUT2D eigenvalue weighted by atomic mass is 10.2. The molecule has 0 spiro atoms. The SMILES string of the molecule is CNc1ncc(Br)cc1C(=O)NCC(C)N(C)C1CC1. The summed E-state index contributed by atoms with van der Waals surface area (Å²) in [4.78, 5) is 18.8. The Morgan fingerprint density at radius 1 is 1.60 bits per heavy atom. The molecule has 0 saturated heterocycles. The fourth-order valence-electron chi connectivity index (χ4n) is 2.13. The number of nitrogens with zero attached hydrogens (tertiary/aromatic N) is 2. The molecule has 1 aliphatic rings. The fourth-order valence-corrected chi connectivity index (χ4v) is 2.46. The van der Waals surface area contributed by atoms with Gasteiger partial charge >= 0.3 is 0 Å². The van der Waals surface area contributed by atoms with Crippen molar-refractivity contribution < 1.29 is 4.79 Å².